The van der Waals surface area contributed by atoms with E-state index in [1.54, 1.807) is 0 Å². The number of hydrogen-bond donors (Lipinski definition) is 1. The van der Waals surface area contributed by atoms with Crippen LogP contribution in [-0.2, 0) is 17.8 Å². The number of benzene rings is 1. The molecule has 23 heavy (non-hydrogen) atoms. The normalized spacial score (nSPS) is 13.4. The van der Waals surface area contributed by atoms with Gasteiger partial charge in [0, 0.05) is 16.7 Å². The molecule has 0 fully saturated rings. The topological polar surface area (TPSA) is 28.7 Å². The fraction of sp³-hybridized carbons (Fsp3) is 0.400. The van der Waals surface area contributed by atoms with Crippen LogP contribution < -0.4 is 0 Å². The van der Waals surface area contributed by atoms with E-state index >= 15 is 0 Å². The molecule has 0 aliphatic heterocycles. The first kappa shape index (κ1) is 17.4. The first-order chi connectivity index (χ1) is 10.3. The molecule has 1 heterocycles. The van der Waals surface area contributed by atoms with Gasteiger partial charge < -0.3 is 0 Å². The van der Waals surface area contributed by atoms with Gasteiger partial charge in [0.1, 0.15) is 0 Å². The van der Waals surface area contributed by atoms with Crippen molar-refractivity contribution in [1.82, 2.24) is 10.2 Å². The van der Waals surface area contributed by atoms with Gasteiger partial charge in [-0.3, -0.25) is 5.10 Å². The Morgan fingerprint density at radius 3 is 1.61 bits per heavy atom. The maximum Gasteiger partial charge on any atom is 0.416 e. The predicted molar refractivity (Wildman–Crippen MR) is 72.7 cm³/mol. The number of nitrogens with one attached hydrogen (secondary N) is 1. The zero-order valence-electron chi connectivity index (χ0n) is 12.5. The van der Waals surface area contributed by atoms with Gasteiger partial charge in [0.15, 0.2) is 0 Å². The molecular weight excluding hydrogens is 322 g/mol. The molecule has 2 aromatic rings. The molecule has 0 aliphatic rings. The fourth-order valence-corrected chi connectivity index (χ4v) is 1.96. The molecule has 0 atom stereocenters. The van der Waals surface area contributed by atoms with Crippen LogP contribution in [0, 0.1) is 0 Å². The van der Waals surface area contributed by atoms with Crippen LogP contribution in [-0.4, -0.2) is 10.2 Å². The second-order valence-corrected chi connectivity index (χ2v) is 6.21. The van der Waals surface area contributed by atoms with E-state index in [9.17, 15) is 26.3 Å². The lowest BCUT2D eigenvalue weighted by Crippen LogP contribution is -2.11. The van der Waals surface area contributed by atoms with Gasteiger partial charge in [0.2, 0.25) is 0 Å². The SMILES string of the molecule is CC(C)(C)c1cc(-c2cc(C(F)(F)F)cc(C(F)(F)F)c2)n[nH]1. The van der Waals surface area contributed by atoms with Crippen LogP contribution in [0.15, 0.2) is 24.3 Å². The van der Waals surface area contributed by atoms with Crippen LogP contribution in [0.1, 0.15) is 37.6 Å². The van der Waals surface area contributed by atoms with Crippen molar-refractivity contribution >= 4 is 0 Å². The van der Waals surface area contributed by atoms with Crippen LogP contribution in [0.2, 0.25) is 0 Å². The second kappa shape index (κ2) is 5.28. The Kier molecular flexibility index (Phi) is 3.99. The van der Waals surface area contributed by atoms with Crippen molar-refractivity contribution in [1.29, 1.82) is 0 Å². The molecule has 2 rings (SSSR count). The Hall–Kier alpha value is -1.99. The molecule has 1 N–H and O–H groups in total. The molecule has 0 spiro atoms. The monoisotopic (exact) mass is 336 g/mol. The quantitative estimate of drug-likeness (QED) is 0.693. The summed E-state index contributed by atoms with van der Waals surface area (Å²) in [6, 6.07) is 2.88. The molecule has 2 nitrogen and oxygen atoms in total. The minimum atomic E-state index is -4.88. The maximum absolute atomic E-state index is 12.9. The number of rotatable bonds is 1. The summed E-state index contributed by atoms with van der Waals surface area (Å²) in [7, 11) is 0. The summed E-state index contributed by atoms with van der Waals surface area (Å²) in [6.07, 6.45) is -9.75. The van der Waals surface area contributed by atoms with E-state index in [0.717, 1.165) is 0 Å². The molecule has 0 saturated carbocycles. The van der Waals surface area contributed by atoms with E-state index in [1.807, 2.05) is 20.8 Å². The Balaban J connectivity index is 2.60. The van der Waals surface area contributed by atoms with Crippen molar-refractivity contribution in [3.8, 4) is 11.3 Å². The summed E-state index contributed by atoms with van der Waals surface area (Å²) in [5.74, 6) is 0. The second-order valence-electron chi connectivity index (χ2n) is 6.21. The predicted octanol–water partition coefficient (Wildman–Crippen LogP) is 5.41. The van der Waals surface area contributed by atoms with E-state index in [1.165, 1.54) is 6.07 Å². The largest absolute Gasteiger partial charge is 0.416 e. The Labute approximate surface area is 128 Å². The third kappa shape index (κ3) is 3.86. The number of nitrogens with zero attached hydrogens (tertiary/aromatic N) is 1. The van der Waals surface area contributed by atoms with Crippen molar-refractivity contribution < 1.29 is 26.3 Å². The smallest absolute Gasteiger partial charge is 0.281 e. The number of alkyl halides is 6. The van der Waals surface area contributed by atoms with Gasteiger partial charge in [-0.1, -0.05) is 20.8 Å². The lowest BCUT2D eigenvalue weighted by molar-refractivity contribution is -0.143. The molecule has 0 radical (unpaired) electrons. The minimum Gasteiger partial charge on any atom is -0.281 e. The van der Waals surface area contributed by atoms with Gasteiger partial charge in [-0.15, -0.1) is 0 Å². The Bertz CT molecular complexity index is 672. The Morgan fingerprint density at radius 2 is 1.26 bits per heavy atom. The zero-order chi connectivity index (χ0) is 17.6. The summed E-state index contributed by atoms with van der Waals surface area (Å²) in [5.41, 5.74) is -2.67. The van der Waals surface area contributed by atoms with Crippen molar-refractivity contribution in [2.24, 2.45) is 0 Å². The molecule has 126 valence electrons. The molecule has 0 saturated heterocycles. The van der Waals surface area contributed by atoms with Gasteiger partial charge in [-0.2, -0.15) is 31.4 Å². The van der Waals surface area contributed by atoms with E-state index in [2.05, 4.69) is 10.2 Å². The molecule has 0 unspecified atom stereocenters. The summed E-state index contributed by atoms with van der Waals surface area (Å²) < 4.78 is 77.1. The van der Waals surface area contributed by atoms with Crippen molar-refractivity contribution in [3.05, 3.63) is 41.1 Å². The molecule has 0 aliphatic carbocycles. The number of H-pyrrole nitrogens is 1. The first-order valence-corrected chi connectivity index (χ1v) is 6.64. The van der Waals surface area contributed by atoms with Crippen molar-refractivity contribution in [3.63, 3.8) is 0 Å². The van der Waals surface area contributed by atoms with Crippen LogP contribution in [0.4, 0.5) is 26.3 Å². The maximum atomic E-state index is 12.9. The Morgan fingerprint density at radius 1 is 0.783 bits per heavy atom. The molecule has 1 aromatic heterocycles. The standard InChI is InChI=1S/C15H14F6N2/c1-13(2,3)12-7-11(22-23-12)8-4-9(14(16,17)18)6-10(5-8)15(19,20)21/h4-7H,1-3H3,(H,22,23). The van der Waals surface area contributed by atoms with E-state index in [4.69, 9.17) is 0 Å². The van der Waals surface area contributed by atoms with Crippen molar-refractivity contribution in [2.45, 2.75) is 38.5 Å². The third-order valence-electron chi connectivity index (χ3n) is 3.27. The van der Waals surface area contributed by atoms with Gasteiger partial charge in [-0.25, -0.2) is 0 Å². The number of aromatic nitrogens is 2. The zero-order valence-corrected chi connectivity index (χ0v) is 12.5. The van der Waals surface area contributed by atoms with Crippen LogP contribution in [0.25, 0.3) is 11.3 Å². The highest BCUT2D eigenvalue weighted by Gasteiger charge is 2.37. The molecule has 8 heteroatoms. The van der Waals surface area contributed by atoms with Gasteiger partial charge in [0.25, 0.3) is 0 Å². The minimum absolute atomic E-state index is 0.0338. The van der Waals surface area contributed by atoms with Gasteiger partial charge in [0.05, 0.1) is 16.8 Å². The number of aromatic amines is 1. The number of hydrogen-bond acceptors (Lipinski definition) is 1. The van der Waals surface area contributed by atoms with Crippen LogP contribution in [0.3, 0.4) is 0 Å². The highest BCUT2D eigenvalue weighted by Crippen LogP contribution is 2.38. The average Bonchev–Trinajstić information content (AvgIpc) is 2.85. The van der Waals surface area contributed by atoms with E-state index in [0.29, 0.717) is 17.8 Å². The summed E-state index contributed by atoms with van der Waals surface area (Å²) in [5, 5.41) is 6.49. The highest BCUT2D eigenvalue weighted by molar-refractivity contribution is 5.62. The lowest BCUT2D eigenvalue weighted by Gasteiger charge is -2.15. The first-order valence-electron chi connectivity index (χ1n) is 6.64. The van der Waals surface area contributed by atoms with Crippen molar-refractivity contribution in [2.75, 3.05) is 0 Å². The summed E-state index contributed by atoms with van der Waals surface area (Å²) in [6.45, 7) is 5.53. The average molecular weight is 336 g/mol. The molecule has 1 aromatic carbocycles. The number of halogens is 6. The summed E-state index contributed by atoms with van der Waals surface area (Å²) in [4.78, 5) is 0. The molecule has 0 amide bonds. The highest BCUT2D eigenvalue weighted by atomic mass is 19.4. The van der Waals surface area contributed by atoms with E-state index < -0.39 is 23.5 Å². The van der Waals surface area contributed by atoms with Crippen LogP contribution in [0.5, 0.6) is 0 Å². The molecule has 0 bridgehead atoms. The van der Waals surface area contributed by atoms with Gasteiger partial charge in [-0.05, 0) is 24.3 Å². The van der Waals surface area contributed by atoms with E-state index in [-0.39, 0.29) is 22.7 Å². The third-order valence-corrected chi connectivity index (χ3v) is 3.27. The summed E-state index contributed by atoms with van der Waals surface area (Å²) >= 11 is 0. The van der Waals surface area contributed by atoms with Crippen LogP contribution >= 0.6 is 0 Å². The fourth-order valence-electron chi connectivity index (χ4n) is 1.96. The molecular formula is C15H14F6N2. The van der Waals surface area contributed by atoms with Gasteiger partial charge >= 0.3 is 12.4 Å². The lowest BCUT2D eigenvalue weighted by atomic mass is 9.91.